The average Bonchev–Trinajstić information content (AvgIpc) is 3.55. The molecule has 0 spiro atoms. The van der Waals surface area contributed by atoms with Crippen molar-refractivity contribution in [2.45, 2.75) is 75.7 Å². The molecule has 12 heteroatoms. The molecule has 4 rings (SSSR count). The van der Waals surface area contributed by atoms with E-state index in [9.17, 15) is 14.4 Å². The number of hydrogen-bond donors (Lipinski definition) is 0. The topological polar surface area (TPSA) is 104 Å². The zero-order chi connectivity index (χ0) is 32.7. The Labute approximate surface area is 275 Å². The summed E-state index contributed by atoms with van der Waals surface area (Å²) in [6, 6.07) is 9.48. The molecular weight excluding hydrogens is 629 g/mol. The zero-order valence-electron chi connectivity index (χ0n) is 26.8. The minimum absolute atomic E-state index is 0.0126. The van der Waals surface area contributed by atoms with Crippen LogP contribution < -0.4 is 0 Å². The van der Waals surface area contributed by atoms with Gasteiger partial charge in [-0.25, -0.2) is 14.6 Å². The van der Waals surface area contributed by atoms with Crippen molar-refractivity contribution in [2.24, 2.45) is 11.8 Å². The molecule has 0 bridgehead atoms. The van der Waals surface area contributed by atoms with Crippen LogP contribution in [0.4, 0.5) is 4.79 Å². The number of esters is 1. The third-order valence-corrected chi connectivity index (χ3v) is 15.9. The zero-order valence-corrected chi connectivity index (χ0v) is 29.5. The fourth-order valence-electron chi connectivity index (χ4n) is 6.15. The van der Waals surface area contributed by atoms with E-state index in [1.807, 2.05) is 6.92 Å². The molecule has 0 aliphatic carbocycles. The molecule has 2 aliphatic heterocycles. The van der Waals surface area contributed by atoms with E-state index in [1.165, 1.54) is 22.6 Å². The molecule has 3 heterocycles. The lowest BCUT2D eigenvalue weighted by molar-refractivity contribution is -0.164. The Balaban J connectivity index is 1.47. The largest absolute Gasteiger partial charge is 0.508 e. The second kappa shape index (κ2) is 15.6. The number of carbonyl (C=O) groups excluding carboxylic acids is 3. The van der Waals surface area contributed by atoms with Crippen LogP contribution in [0.1, 0.15) is 40.2 Å². The first-order chi connectivity index (χ1) is 21.6. The van der Waals surface area contributed by atoms with Gasteiger partial charge < -0.3 is 23.5 Å². The number of β-lactam (4-membered cyclic amide) rings is 1. The van der Waals surface area contributed by atoms with Crippen LogP contribution in [0.2, 0.25) is 18.1 Å². The van der Waals surface area contributed by atoms with Crippen molar-refractivity contribution < 1.29 is 33.0 Å². The van der Waals surface area contributed by atoms with Gasteiger partial charge in [0.1, 0.15) is 25.0 Å². The van der Waals surface area contributed by atoms with Gasteiger partial charge in [-0.1, -0.05) is 70.8 Å². The van der Waals surface area contributed by atoms with Crippen molar-refractivity contribution in [2.75, 3.05) is 25.6 Å². The summed E-state index contributed by atoms with van der Waals surface area (Å²) < 4.78 is 24.1. The van der Waals surface area contributed by atoms with Gasteiger partial charge in [0.25, 0.3) is 0 Å². The highest BCUT2D eigenvalue weighted by atomic mass is 32.2. The SMILES string of the molecule is C=CCOC(=O)O[C@H](C)[C@H]1C(=O)N2C(C(=O)OCC=C)=C(CSc3nc4cc(CCO[Si](CC)(CC)CC)ccc4s3)[C@H](C)[C@H]12. The molecule has 0 radical (unpaired) electrons. The summed E-state index contributed by atoms with van der Waals surface area (Å²) in [7, 11) is -1.62. The average molecular weight is 673 g/mol. The van der Waals surface area contributed by atoms with E-state index in [0.717, 1.165) is 51.3 Å². The van der Waals surface area contributed by atoms with Crippen molar-refractivity contribution in [1.29, 1.82) is 0 Å². The van der Waals surface area contributed by atoms with Crippen molar-refractivity contribution in [1.82, 2.24) is 9.88 Å². The molecule has 1 aromatic heterocycles. The molecule has 0 unspecified atom stereocenters. The van der Waals surface area contributed by atoms with Crippen LogP contribution in [-0.4, -0.2) is 74.0 Å². The molecule has 244 valence electrons. The highest BCUT2D eigenvalue weighted by Crippen LogP contribution is 2.49. The summed E-state index contributed by atoms with van der Waals surface area (Å²) in [5, 5.41) is 0. The molecule has 1 saturated heterocycles. The molecule has 9 nitrogen and oxygen atoms in total. The minimum atomic E-state index is -1.62. The van der Waals surface area contributed by atoms with Gasteiger partial charge in [-0.15, -0.1) is 11.3 Å². The van der Waals surface area contributed by atoms with Gasteiger partial charge >= 0.3 is 12.1 Å². The quantitative estimate of drug-likeness (QED) is 0.0570. The maximum atomic E-state index is 13.4. The van der Waals surface area contributed by atoms with Gasteiger partial charge in [0, 0.05) is 18.3 Å². The van der Waals surface area contributed by atoms with Crippen molar-refractivity contribution >= 4 is 59.7 Å². The first kappa shape index (κ1) is 34.9. The van der Waals surface area contributed by atoms with Gasteiger partial charge in [0.05, 0.1) is 22.2 Å². The number of rotatable bonds is 17. The second-order valence-corrected chi connectivity index (χ2v) is 18.4. The molecular formula is C33H44N2O7S2Si. The number of amides is 1. The fraction of sp³-hybridized carbons (Fsp3) is 0.515. The number of carbonyl (C=O) groups is 3. The van der Waals surface area contributed by atoms with Crippen molar-refractivity contribution in [3.63, 3.8) is 0 Å². The minimum Gasteiger partial charge on any atom is -0.457 e. The summed E-state index contributed by atoms with van der Waals surface area (Å²) in [6.07, 6.45) is 2.19. The number of thiazole rings is 1. The van der Waals surface area contributed by atoms with E-state index in [0.29, 0.717) is 5.75 Å². The lowest BCUT2D eigenvalue weighted by atomic mass is 9.78. The molecule has 45 heavy (non-hydrogen) atoms. The highest BCUT2D eigenvalue weighted by Gasteiger charge is 2.61. The Hall–Kier alpha value is -2.93. The number of thioether (sulfide) groups is 1. The van der Waals surface area contributed by atoms with Crippen molar-refractivity contribution in [3.05, 3.63) is 60.3 Å². The van der Waals surface area contributed by atoms with Crippen molar-refractivity contribution in [3.8, 4) is 0 Å². The van der Waals surface area contributed by atoms with E-state index in [1.54, 1.807) is 30.0 Å². The summed E-state index contributed by atoms with van der Waals surface area (Å²) in [5.41, 5.74) is 3.22. The Kier molecular flexibility index (Phi) is 12.1. The Morgan fingerprint density at radius 2 is 1.82 bits per heavy atom. The predicted molar refractivity (Wildman–Crippen MR) is 181 cm³/mol. The van der Waals surface area contributed by atoms with E-state index in [2.05, 4.69) is 52.1 Å². The number of hydrogen-bond acceptors (Lipinski definition) is 10. The first-order valence-corrected chi connectivity index (χ1v) is 19.9. The number of ether oxygens (including phenoxy) is 3. The monoisotopic (exact) mass is 672 g/mol. The molecule has 2 aliphatic rings. The third-order valence-electron chi connectivity index (χ3n) is 8.94. The fourth-order valence-corrected chi connectivity index (χ4v) is 11.0. The van der Waals surface area contributed by atoms with Crippen LogP contribution in [0.25, 0.3) is 10.2 Å². The molecule has 2 aromatic rings. The Morgan fingerprint density at radius 3 is 2.49 bits per heavy atom. The van der Waals surface area contributed by atoms with Gasteiger partial charge in [0.15, 0.2) is 12.7 Å². The van der Waals surface area contributed by atoms with E-state index < -0.39 is 32.5 Å². The highest BCUT2D eigenvalue weighted by molar-refractivity contribution is 8.01. The number of benzene rings is 1. The van der Waals surface area contributed by atoms with Crippen LogP contribution in [0, 0.1) is 11.8 Å². The first-order valence-electron chi connectivity index (χ1n) is 15.6. The number of fused-ring (bicyclic) bond motifs is 2. The van der Waals surface area contributed by atoms with E-state index in [-0.39, 0.29) is 36.8 Å². The molecule has 1 aromatic carbocycles. The lowest BCUT2D eigenvalue weighted by Gasteiger charge is -2.47. The van der Waals surface area contributed by atoms with Gasteiger partial charge in [-0.2, -0.15) is 0 Å². The van der Waals surface area contributed by atoms with E-state index in [4.69, 9.17) is 23.6 Å². The van der Waals surface area contributed by atoms with Gasteiger partial charge in [-0.3, -0.25) is 4.79 Å². The summed E-state index contributed by atoms with van der Waals surface area (Å²) in [6.45, 7) is 18.3. The molecule has 0 N–H and O–H groups in total. The van der Waals surface area contributed by atoms with Crippen LogP contribution in [0.5, 0.6) is 0 Å². The Morgan fingerprint density at radius 1 is 1.13 bits per heavy atom. The lowest BCUT2D eigenvalue weighted by Crippen LogP contribution is -2.64. The second-order valence-electron chi connectivity index (χ2n) is 11.4. The van der Waals surface area contributed by atoms with Crippen LogP contribution in [-0.2, 0) is 34.6 Å². The van der Waals surface area contributed by atoms with Gasteiger partial charge in [-0.05, 0) is 54.7 Å². The number of nitrogens with zero attached hydrogens (tertiary/aromatic N) is 2. The standard InChI is InChI=1S/C33H44N2O7S2Si/c1-8-16-39-31(37)29-24(21(6)28-27(30(36)35(28)29)22(7)42-33(38)40-17-9-2)20-43-32-34-25-19-23(13-14-26(25)44-32)15-18-41-45(10-3,11-4)12-5/h8-9,13-14,19,21-22,27-28H,1-2,10-12,15-18,20H2,3-7H3/t21-,22+,27+,28+/m0/s1. The molecule has 4 atom stereocenters. The van der Waals surface area contributed by atoms with Crippen LogP contribution in [0.15, 0.2) is 59.1 Å². The summed E-state index contributed by atoms with van der Waals surface area (Å²) in [4.78, 5) is 45.0. The Bertz CT molecular complexity index is 1450. The van der Waals surface area contributed by atoms with E-state index >= 15 is 0 Å². The number of aromatic nitrogens is 1. The maximum Gasteiger partial charge on any atom is 0.508 e. The normalized spacial score (nSPS) is 20.1. The molecule has 1 fully saturated rings. The third kappa shape index (κ3) is 7.56. The summed E-state index contributed by atoms with van der Waals surface area (Å²) >= 11 is 3.15. The molecule has 0 saturated carbocycles. The maximum absolute atomic E-state index is 13.4. The van der Waals surface area contributed by atoms with Gasteiger partial charge in [0.2, 0.25) is 5.91 Å². The molecule has 1 amide bonds. The summed E-state index contributed by atoms with van der Waals surface area (Å²) in [5.74, 6) is -1.15. The van der Waals surface area contributed by atoms with Crippen LogP contribution >= 0.6 is 23.1 Å². The van der Waals surface area contributed by atoms with Crippen LogP contribution in [0.3, 0.4) is 0 Å². The smallest absolute Gasteiger partial charge is 0.457 e. The predicted octanol–water partition coefficient (Wildman–Crippen LogP) is 7.14.